The van der Waals surface area contributed by atoms with Crippen LogP contribution in [0.1, 0.15) is 51.4 Å². The molecule has 0 spiro atoms. The summed E-state index contributed by atoms with van der Waals surface area (Å²) in [6.45, 7) is 0.824. The first-order chi connectivity index (χ1) is 16.6. The van der Waals surface area contributed by atoms with Crippen LogP contribution in [0.15, 0.2) is 0 Å². The van der Waals surface area contributed by atoms with Crippen LogP contribution < -0.4 is 38.9 Å². The minimum atomic E-state index is -1.35. The summed E-state index contributed by atoms with van der Waals surface area (Å²) >= 11 is 1.44. The van der Waals surface area contributed by atoms with E-state index in [1.165, 1.54) is 11.8 Å². The highest BCUT2D eigenvalue weighted by Crippen LogP contribution is 2.07. The summed E-state index contributed by atoms with van der Waals surface area (Å²) in [5.41, 5.74) is 22.0. The zero-order chi connectivity index (χ0) is 26.8. The normalized spacial score (nSPS) is 14.3. The van der Waals surface area contributed by atoms with Crippen molar-refractivity contribution in [1.29, 1.82) is 0 Å². The first-order valence-electron chi connectivity index (χ1n) is 11.6. The molecule has 0 aromatic heterocycles. The number of amides is 4. The number of carbonyl (C=O) groups is 5. The molecule has 0 aliphatic heterocycles. The van der Waals surface area contributed by atoms with E-state index in [2.05, 4.69) is 16.0 Å². The molecule has 0 bridgehead atoms. The van der Waals surface area contributed by atoms with Crippen molar-refractivity contribution < 1.29 is 29.1 Å². The van der Waals surface area contributed by atoms with E-state index in [0.717, 1.165) is 0 Å². The third-order valence-corrected chi connectivity index (χ3v) is 5.79. The van der Waals surface area contributed by atoms with E-state index >= 15 is 0 Å². The molecule has 0 radical (unpaired) electrons. The largest absolute Gasteiger partial charge is 0.480 e. The molecule has 202 valence electrons. The number of hydrogen-bond donors (Lipinski definition) is 8. The molecule has 0 fully saturated rings. The van der Waals surface area contributed by atoms with Crippen LogP contribution in [0.25, 0.3) is 0 Å². The number of hydrogen-bond acceptors (Lipinski definition) is 9. The SMILES string of the molecule is CSCCC(NC(=O)C(CCCCN)NC(=O)C(CC(N)=O)NC(=O)C(N)CCCCN)C(=O)O. The average Bonchev–Trinajstić information content (AvgIpc) is 2.79. The number of carboxylic acids is 1. The van der Waals surface area contributed by atoms with Crippen LogP contribution in [-0.2, 0) is 24.0 Å². The van der Waals surface area contributed by atoms with Gasteiger partial charge >= 0.3 is 5.97 Å². The Kier molecular flexibility index (Phi) is 17.5. The van der Waals surface area contributed by atoms with Crippen molar-refractivity contribution in [2.24, 2.45) is 22.9 Å². The van der Waals surface area contributed by atoms with Gasteiger partial charge in [-0.05, 0) is 63.6 Å². The highest BCUT2D eigenvalue weighted by atomic mass is 32.2. The van der Waals surface area contributed by atoms with Gasteiger partial charge < -0.3 is 44.0 Å². The van der Waals surface area contributed by atoms with Crippen LogP contribution in [-0.4, -0.2) is 84.0 Å². The molecular weight excluding hydrogens is 478 g/mol. The van der Waals surface area contributed by atoms with Crippen molar-refractivity contribution in [2.75, 3.05) is 25.1 Å². The molecule has 13 nitrogen and oxygen atoms in total. The molecule has 35 heavy (non-hydrogen) atoms. The summed E-state index contributed by atoms with van der Waals surface area (Å²) in [5, 5.41) is 16.8. The Labute approximate surface area is 210 Å². The van der Waals surface area contributed by atoms with Gasteiger partial charge in [0.15, 0.2) is 0 Å². The molecule has 0 saturated heterocycles. The van der Waals surface area contributed by atoms with Gasteiger partial charge in [0.05, 0.1) is 12.5 Å². The Balaban J connectivity index is 5.42. The van der Waals surface area contributed by atoms with Gasteiger partial charge in [0.2, 0.25) is 23.6 Å². The monoisotopic (exact) mass is 519 g/mol. The number of unbranched alkanes of at least 4 members (excludes halogenated alkanes) is 2. The molecule has 0 aliphatic rings. The van der Waals surface area contributed by atoms with Gasteiger partial charge in [-0.15, -0.1) is 0 Å². The Hall–Kier alpha value is -2.42. The quantitative estimate of drug-likeness (QED) is 0.0802. The molecule has 0 aromatic carbocycles. The second kappa shape index (κ2) is 18.9. The fourth-order valence-corrected chi connectivity index (χ4v) is 3.60. The maximum Gasteiger partial charge on any atom is 0.326 e. The Morgan fingerprint density at radius 1 is 0.771 bits per heavy atom. The third kappa shape index (κ3) is 14.5. The van der Waals surface area contributed by atoms with Gasteiger partial charge in [0.1, 0.15) is 18.1 Å². The molecule has 0 aromatic rings. The second-order valence-electron chi connectivity index (χ2n) is 8.15. The topological polar surface area (TPSA) is 246 Å². The molecular formula is C21H41N7O6S. The number of primary amides is 1. The van der Waals surface area contributed by atoms with Gasteiger partial charge in [0.25, 0.3) is 0 Å². The number of aliphatic carboxylic acids is 1. The summed E-state index contributed by atoms with van der Waals surface area (Å²) in [4.78, 5) is 61.2. The number of carbonyl (C=O) groups excluding carboxylic acids is 4. The Bertz CT molecular complexity index is 697. The average molecular weight is 520 g/mol. The van der Waals surface area contributed by atoms with Gasteiger partial charge in [-0.1, -0.05) is 6.42 Å². The summed E-state index contributed by atoms with van der Waals surface area (Å²) in [5.74, 6) is -3.66. The zero-order valence-corrected chi connectivity index (χ0v) is 21.1. The van der Waals surface area contributed by atoms with Gasteiger partial charge in [0, 0.05) is 0 Å². The van der Waals surface area contributed by atoms with E-state index in [4.69, 9.17) is 22.9 Å². The van der Waals surface area contributed by atoms with Crippen molar-refractivity contribution in [3.8, 4) is 0 Å². The van der Waals surface area contributed by atoms with Crippen LogP contribution in [0.2, 0.25) is 0 Å². The molecule has 12 N–H and O–H groups in total. The first-order valence-corrected chi connectivity index (χ1v) is 13.0. The lowest BCUT2D eigenvalue weighted by Gasteiger charge is -2.25. The van der Waals surface area contributed by atoms with Crippen LogP contribution >= 0.6 is 11.8 Å². The second-order valence-corrected chi connectivity index (χ2v) is 9.13. The maximum atomic E-state index is 12.9. The Morgan fingerprint density at radius 3 is 1.80 bits per heavy atom. The molecule has 4 atom stereocenters. The molecule has 0 saturated carbocycles. The molecule has 0 aliphatic carbocycles. The third-order valence-electron chi connectivity index (χ3n) is 5.15. The number of rotatable bonds is 20. The minimum absolute atomic E-state index is 0.180. The summed E-state index contributed by atoms with van der Waals surface area (Å²) in [7, 11) is 0. The van der Waals surface area contributed by atoms with E-state index in [1.807, 2.05) is 6.26 Å². The lowest BCUT2D eigenvalue weighted by Crippen LogP contribution is -2.57. The minimum Gasteiger partial charge on any atom is -0.480 e. The molecule has 0 heterocycles. The van der Waals surface area contributed by atoms with Crippen LogP contribution in [0.4, 0.5) is 0 Å². The van der Waals surface area contributed by atoms with Crippen LogP contribution in [0.3, 0.4) is 0 Å². The van der Waals surface area contributed by atoms with E-state index in [9.17, 15) is 29.1 Å². The lowest BCUT2D eigenvalue weighted by molar-refractivity contribution is -0.142. The van der Waals surface area contributed by atoms with Crippen LogP contribution in [0, 0.1) is 0 Å². The van der Waals surface area contributed by atoms with E-state index in [-0.39, 0.29) is 12.8 Å². The van der Waals surface area contributed by atoms with Crippen molar-refractivity contribution in [3.05, 3.63) is 0 Å². The van der Waals surface area contributed by atoms with Crippen molar-refractivity contribution >= 4 is 41.4 Å². The molecule has 0 rings (SSSR count). The highest BCUT2D eigenvalue weighted by molar-refractivity contribution is 7.98. The van der Waals surface area contributed by atoms with Gasteiger partial charge in [-0.3, -0.25) is 19.2 Å². The predicted octanol–water partition coefficient (Wildman–Crippen LogP) is -2.26. The fraction of sp³-hybridized carbons (Fsp3) is 0.762. The maximum absolute atomic E-state index is 12.9. The molecule has 14 heteroatoms. The summed E-state index contributed by atoms with van der Waals surface area (Å²) < 4.78 is 0. The van der Waals surface area contributed by atoms with Crippen molar-refractivity contribution in [2.45, 2.75) is 75.5 Å². The summed E-state index contributed by atoms with van der Waals surface area (Å²) in [6, 6.07) is -4.49. The number of thioether (sulfide) groups is 1. The molecule has 4 amide bonds. The lowest BCUT2D eigenvalue weighted by atomic mass is 10.1. The smallest absolute Gasteiger partial charge is 0.326 e. The van der Waals surface area contributed by atoms with Gasteiger partial charge in [-0.2, -0.15) is 11.8 Å². The number of nitrogens with one attached hydrogen (secondary N) is 3. The zero-order valence-electron chi connectivity index (χ0n) is 20.3. The standard InChI is InChI=1S/C21H41N7O6S/c1-35-11-8-15(21(33)34)27-19(31)14(7-3-5-10-23)26-20(32)16(12-17(25)29)28-18(30)13(24)6-2-4-9-22/h13-16H,2-12,22-24H2,1H3,(H2,25,29)(H,26,32)(H,27,31)(H,28,30)(H,33,34). The predicted molar refractivity (Wildman–Crippen MR) is 134 cm³/mol. The Morgan fingerprint density at radius 2 is 1.29 bits per heavy atom. The first kappa shape index (κ1) is 32.6. The fourth-order valence-electron chi connectivity index (χ4n) is 3.13. The molecule has 4 unspecified atom stereocenters. The number of carboxylic acid groups (broad SMARTS) is 1. The van der Waals surface area contributed by atoms with E-state index in [1.54, 1.807) is 0 Å². The van der Waals surface area contributed by atoms with Crippen LogP contribution in [0.5, 0.6) is 0 Å². The number of nitrogens with two attached hydrogens (primary N) is 4. The van der Waals surface area contributed by atoms with E-state index < -0.39 is 60.2 Å². The van der Waals surface area contributed by atoms with E-state index in [0.29, 0.717) is 50.9 Å². The van der Waals surface area contributed by atoms with Gasteiger partial charge in [-0.25, -0.2) is 4.79 Å². The highest BCUT2D eigenvalue weighted by Gasteiger charge is 2.30. The van der Waals surface area contributed by atoms with Crippen molar-refractivity contribution in [3.63, 3.8) is 0 Å². The van der Waals surface area contributed by atoms with Crippen molar-refractivity contribution in [1.82, 2.24) is 16.0 Å². The summed E-state index contributed by atoms with van der Waals surface area (Å²) in [6.07, 6.45) is 4.38.